The normalized spacial score (nSPS) is 34.4. The number of nitrogens with zero attached hydrogens (tertiary/aromatic N) is 2. The van der Waals surface area contributed by atoms with E-state index in [4.69, 9.17) is 4.74 Å². The first-order chi connectivity index (χ1) is 20.7. The number of ketones is 1. The maximum atomic E-state index is 13.6. The zero-order chi connectivity index (χ0) is 30.2. The highest BCUT2D eigenvalue weighted by Gasteiger charge is 2.63. The van der Waals surface area contributed by atoms with Gasteiger partial charge in [-0.3, -0.25) is 33.8 Å². The van der Waals surface area contributed by atoms with E-state index in [2.05, 4.69) is 0 Å². The summed E-state index contributed by atoms with van der Waals surface area (Å²) >= 11 is 0. The van der Waals surface area contributed by atoms with Crippen molar-refractivity contribution in [2.45, 2.75) is 77.7 Å². The van der Waals surface area contributed by atoms with Gasteiger partial charge in [0.15, 0.2) is 12.4 Å². The van der Waals surface area contributed by atoms with Gasteiger partial charge in [-0.25, -0.2) is 4.79 Å². The van der Waals surface area contributed by atoms with Gasteiger partial charge < -0.3 is 4.74 Å². The summed E-state index contributed by atoms with van der Waals surface area (Å²) < 4.78 is 5.48. The van der Waals surface area contributed by atoms with E-state index in [1.54, 1.807) is 12.1 Å². The molecule has 6 fully saturated rings. The van der Waals surface area contributed by atoms with Crippen molar-refractivity contribution in [1.29, 1.82) is 0 Å². The number of carbonyl (C=O) groups is 6. The van der Waals surface area contributed by atoms with Gasteiger partial charge in [0, 0.05) is 12.1 Å². The molecule has 2 aliphatic heterocycles. The zero-order valence-corrected chi connectivity index (χ0v) is 25.0. The van der Waals surface area contributed by atoms with Crippen LogP contribution in [0.4, 0.5) is 0 Å². The summed E-state index contributed by atoms with van der Waals surface area (Å²) in [5, 5.41) is 0. The molecular weight excluding hydrogens is 548 g/mol. The van der Waals surface area contributed by atoms with Crippen LogP contribution in [0.25, 0.3) is 0 Å². The number of carbonyl (C=O) groups excluding carboxylic acids is 6. The SMILES string of the molecule is Cc1ccc(C(=O)COC(=O)[C@H](CCCCN2C(=O)[C@H]3[C@@H]4CC[C@@H](C4)[C@@H]3C2=O)N2C(=O)[C@@H]3[C@@H]4CC[C@@H](C4)[C@@H]3C2=O)cc1C. The van der Waals surface area contributed by atoms with Crippen LogP contribution in [-0.4, -0.2) is 64.4 Å². The summed E-state index contributed by atoms with van der Waals surface area (Å²) in [6.07, 6.45) is 6.83. The van der Waals surface area contributed by atoms with Crippen LogP contribution in [0.5, 0.6) is 0 Å². The Balaban J connectivity index is 1.02. The van der Waals surface area contributed by atoms with Gasteiger partial charge in [0.2, 0.25) is 23.6 Å². The summed E-state index contributed by atoms with van der Waals surface area (Å²) in [7, 11) is 0. The minimum Gasteiger partial charge on any atom is -0.456 e. The Bertz CT molecular complexity index is 1360. The number of unbranched alkanes of at least 4 members (excludes halogenated alkanes) is 1. The second kappa shape index (κ2) is 10.7. The molecule has 9 heteroatoms. The molecule has 1 aromatic rings. The number of aryl methyl sites for hydroxylation is 2. The van der Waals surface area contributed by atoms with Crippen molar-refractivity contribution in [1.82, 2.24) is 9.80 Å². The third-order valence-corrected chi connectivity index (χ3v) is 11.8. The number of imide groups is 2. The standard InChI is InChI=1S/C34H40N2O7/c1-17-6-7-19(13-18(17)2)25(37)16-43-34(42)24(36-32(40)28-22-10-11-23(15-22)29(28)33(36)41)5-3-4-12-35-30(38)26-20-8-9-21(14-20)27(26)31(35)39/h6-7,13,20-24,26-29H,3-5,8-12,14-16H2,1-2H3/t20-,21+,22-,23+,24-,26-,27-,28-,29+/m0/s1. The number of fused-ring (bicyclic) bond motifs is 10. The van der Waals surface area contributed by atoms with Crippen molar-refractivity contribution >= 4 is 35.4 Å². The Morgan fingerprint density at radius 3 is 1.84 bits per heavy atom. The second-order valence-electron chi connectivity index (χ2n) is 14.0. The lowest BCUT2D eigenvalue weighted by atomic mass is 9.81. The van der Waals surface area contributed by atoms with Crippen LogP contribution in [0.1, 0.15) is 79.3 Å². The molecule has 4 amide bonds. The van der Waals surface area contributed by atoms with Crippen molar-refractivity contribution in [2.24, 2.45) is 47.3 Å². The molecule has 2 saturated heterocycles. The number of amides is 4. The predicted octanol–water partition coefficient (Wildman–Crippen LogP) is 3.63. The van der Waals surface area contributed by atoms with Gasteiger partial charge >= 0.3 is 5.97 Å². The molecule has 0 aromatic heterocycles. The third kappa shape index (κ3) is 4.48. The van der Waals surface area contributed by atoms with Gasteiger partial charge in [-0.1, -0.05) is 12.1 Å². The molecule has 0 radical (unpaired) electrons. The van der Waals surface area contributed by atoms with Crippen molar-refractivity contribution in [3.05, 3.63) is 34.9 Å². The van der Waals surface area contributed by atoms with Crippen molar-refractivity contribution in [3.63, 3.8) is 0 Å². The van der Waals surface area contributed by atoms with Crippen LogP contribution < -0.4 is 0 Å². The maximum absolute atomic E-state index is 13.6. The Morgan fingerprint density at radius 2 is 1.30 bits per heavy atom. The first-order valence-corrected chi connectivity index (χ1v) is 16.1. The minimum absolute atomic E-state index is 0.0591. The molecule has 7 rings (SSSR count). The van der Waals surface area contributed by atoms with Crippen LogP contribution in [0, 0.1) is 61.2 Å². The van der Waals surface area contributed by atoms with E-state index in [1.165, 1.54) is 4.90 Å². The summed E-state index contributed by atoms with van der Waals surface area (Å²) in [4.78, 5) is 82.3. The van der Waals surface area contributed by atoms with Crippen molar-refractivity contribution < 1.29 is 33.5 Å². The predicted molar refractivity (Wildman–Crippen MR) is 153 cm³/mol. The molecule has 4 bridgehead atoms. The molecule has 0 N–H and O–H groups in total. The smallest absolute Gasteiger partial charge is 0.329 e. The van der Waals surface area contributed by atoms with Gasteiger partial charge in [-0.15, -0.1) is 0 Å². The average Bonchev–Trinajstić information content (AvgIpc) is 3.84. The highest BCUT2D eigenvalue weighted by Crippen LogP contribution is 2.57. The van der Waals surface area contributed by atoms with E-state index >= 15 is 0 Å². The Hall–Kier alpha value is -3.36. The van der Waals surface area contributed by atoms with E-state index in [0.29, 0.717) is 30.2 Å². The van der Waals surface area contributed by atoms with E-state index in [1.807, 2.05) is 19.9 Å². The summed E-state index contributed by atoms with van der Waals surface area (Å²) in [5.41, 5.74) is 2.44. The molecule has 0 spiro atoms. The van der Waals surface area contributed by atoms with Gasteiger partial charge in [-0.2, -0.15) is 0 Å². The monoisotopic (exact) mass is 588 g/mol. The van der Waals surface area contributed by atoms with Crippen LogP contribution in [0.15, 0.2) is 18.2 Å². The number of hydrogen-bond acceptors (Lipinski definition) is 7. The fourth-order valence-electron chi connectivity index (χ4n) is 9.62. The Labute approximate surface area is 251 Å². The third-order valence-electron chi connectivity index (χ3n) is 11.8. The maximum Gasteiger partial charge on any atom is 0.329 e. The number of benzene rings is 1. The first-order valence-electron chi connectivity index (χ1n) is 16.1. The molecule has 228 valence electrons. The molecule has 6 aliphatic rings. The van der Waals surface area contributed by atoms with E-state index in [9.17, 15) is 28.8 Å². The molecule has 1 aromatic carbocycles. The highest BCUT2D eigenvalue weighted by molar-refractivity contribution is 6.09. The topological polar surface area (TPSA) is 118 Å². The Morgan fingerprint density at radius 1 is 0.767 bits per heavy atom. The van der Waals surface area contributed by atoms with Crippen LogP contribution >= 0.6 is 0 Å². The van der Waals surface area contributed by atoms with Crippen molar-refractivity contribution in [3.8, 4) is 0 Å². The second-order valence-corrected chi connectivity index (χ2v) is 14.0. The number of hydrogen-bond donors (Lipinski definition) is 0. The lowest BCUT2D eigenvalue weighted by Crippen LogP contribution is -2.47. The molecule has 4 aliphatic carbocycles. The van der Waals surface area contributed by atoms with Gasteiger partial charge in [0.05, 0.1) is 23.7 Å². The van der Waals surface area contributed by atoms with Gasteiger partial charge in [0.1, 0.15) is 6.04 Å². The van der Waals surface area contributed by atoms with Crippen molar-refractivity contribution in [2.75, 3.05) is 13.2 Å². The number of ether oxygens (including phenoxy) is 1. The summed E-state index contributed by atoms with van der Waals surface area (Å²) in [6.45, 7) is 3.65. The molecular formula is C34H40N2O7. The fourth-order valence-corrected chi connectivity index (χ4v) is 9.62. The summed E-state index contributed by atoms with van der Waals surface area (Å²) in [5.74, 6) is -1.88. The number of likely N-dealkylation sites (tertiary alicyclic amines) is 2. The van der Waals surface area contributed by atoms with Gasteiger partial charge in [-0.05, 0) is 112 Å². The number of esters is 1. The first kappa shape index (κ1) is 28.4. The number of Topliss-reactive ketones (excluding diaryl/α,β-unsaturated/α-hetero) is 1. The zero-order valence-electron chi connectivity index (χ0n) is 25.0. The van der Waals surface area contributed by atoms with E-state index < -0.39 is 18.6 Å². The minimum atomic E-state index is -1.13. The largest absolute Gasteiger partial charge is 0.456 e. The molecule has 43 heavy (non-hydrogen) atoms. The molecule has 0 unspecified atom stereocenters. The van der Waals surface area contributed by atoms with E-state index in [0.717, 1.165) is 54.6 Å². The highest BCUT2D eigenvalue weighted by atomic mass is 16.5. The van der Waals surface area contributed by atoms with E-state index in [-0.39, 0.29) is 77.9 Å². The molecule has 9 nitrogen and oxygen atoms in total. The molecule has 2 heterocycles. The average molecular weight is 589 g/mol. The lowest BCUT2D eigenvalue weighted by Gasteiger charge is -2.26. The van der Waals surface area contributed by atoms with Crippen LogP contribution in [-0.2, 0) is 28.7 Å². The summed E-state index contributed by atoms with van der Waals surface area (Å²) in [6, 6.07) is 4.17. The molecule has 9 atom stereocenters. The Kier molecular flexibility index (Phi) is 7.05. The quantitative estimate of drug-likeness (QED) is 0.177. The van der Waals surface area contributed by atoms with Gasteiger partial charge in [0.25, 0.3) is 0 Å². The number of rotatable bonds is 10. The lowest BCUT2D eigenvalue weighted by molar-refractivity contribution is -0.159. The van der Waals surface area contributed by atoms with Crippen LogP contribution in [0.2, 0.25) is 0 Å². The fraction of sp³-hybridized carbons (Fsp3) is 0.647. The molecule has 4 saturated carbocycles. The van der Waals surface area contributed by atoms with Crippen LogP contribution in [0.3, 0.4) is 0 Å².